The van der Waals surface area contributed by atoms with E-state index in [2.05, 4.69) is 21.1 Å². The van der Waals surface area contributed by atoms with Crippen LogP contribution in [0.15, 0.2) is 89.5 Å². The molecule has 0 aliphatic carbocycles. The quantitative estimate of drug-likeness (QED) is 0.101. The topological polar surface area (TPSA) is 183 Å². The van der Waals surface area contributed by atoms with E-state index in [9.17, 15) is 28.4 Å². The molecule has 4 amide bonds. The van der Waals surface area contributed by atoms with Crippen LogP contribution in [0.1, 0.15) is 54.1 Å². The first-order valence-corrected chi connectivity index (χ1v) is 16.1. The Bertz CT molecular complexity index is 1850. The van der Waals surface area contributed by atoms with Crippen LogP contribution in [0.5, 0.6) is 0 Å². The normalized spacial score (nSPS) is 13.1. The molecule has 1 aromatic heterocycles. The number of benzene rings is 3. The molecule has 13 heteroatoms. The second-order valence-electron chi connectivity index (χ2n) is 12.2. The Labute approximate surface area is 288 Å². The minimum Gasteiger partial charge on any atom is -0.458 e. The van der Waals surface area contributed by atoms with E-state index in [1.807, 2.05) is 42.5 Å². The molecule has 0 radical (unpaired) electrons. The number of hydrogen-bond acceptors (Lipinski definition) is 8. The van der Waals surface area contributed by atoms with Crippen LogP contribution in [-0.4, -0.2) is 52.9 Å². The highest BCUT2D eigenvalue weighted by molar-refractivity contribution is 5.97. The van der Waals surface area contributed by atoms with Crippen molar-refractivity contribution in [2.75, 3.05) is 0 Å². The highest BCUT2D eigenvalue weighted by Gasteiger charge is 2.30. The van der Waals surface area contributed by atoms with Crippen molar-refractivity contribution in [1.29, 1.82) is 0 Å². The van der Waals surface area contributed by atoms with Crippen LogP contribution < -0.4 is 21.7 Å². The van der Waals surface area contributed by atoms with E-state index in [1.165, 1.54) is 36.4 Å². The largest absolute Gasteiger partial charge is 0.458 e. The Kier molecular flexibility index (Phi) is 13.0. The third-order valence-electron chi connectivity index (χ3n) is 7.77. The highest BCUT2D eigenvalue weighted by atomic mass is 19.1. The van der Waals surface area contributed by atoms with Gasteiger partial charge in [0, 0.05) is 31.0 Å². The van der Waals surface area contributed by atoms with E-state index in [0.717, 1.165) is 22.4 Å². The van der Waals surface area contributed by atoms with Gasteiger partial charge in [-0.3, -0.25) is 19.2 Å². The molecule has 1 heterocycles. The fourth-order valence-electron chi connectivity index (χ4n) is 5.07. The second-order valence-corrected chi connectivity index (χ2v) is 12.2. The summed E-state index contributed by atoms with van der Waals surface area (Å²) in [6, 6.07) is 17.2. The van der Waals surface area contributed by atoms with Gasteiger partial charge in [-0.25, -0.2) is 9.18 Å². The molecule has 3 aromatic carbocycles. The molecule has 0 fully saturated rings. The van der Waals surface area contributed by atoms with Crippen molar-refractivity contribution in [3.63, 3.8) is 0 Å². The zero-order valence-electron chi connectivity index (χ0n) is 28.0. The molecular formula is C37H40FN5O7. The lowest BCUT2D eigenvalue weighted by Crippen LogP contribution is -2.56. The van der Waals surface area contributed by atoms with Crippen molar-refractivity contribution < 1.29 is 37.6 Å². The first-order valence-electron chi connectivity index (χ1n) is 16.1. The third-order valence-corrected chi connectivity index (χ3v) is 7.77. The Morgan fingerprint density at radius 1 is 0.900 bits per heavy atom. The van der Waals surface area contributed by atoms with Crippen molar-refractivity contribution in [2.45, 2.75) is 64.8 Å². The predicted octanol–water partition coefficient (Wildman–Crippen LogP) is 3.81. The van der Waals surface area contributed by atoms with Gasteiger partial charge < -0.3 is 30.9 Å². The Hall–Kier alpha value is -5.85. The van der Waals surface area contributed by atoms with Gasteiger partial charge in [0.15, 0.2) is 5.69 Å². The van der Waals surface area contributed by atoms with E-state index in [0.29, 0.717) is 11.3 Å². The van der Waals surface area contributed by atoms with Crippen molar-refractivity contribution in [1.82, 2.24) is 21.1 Å². The molecule has 0 spiro atoms. The first-order chi connectivity index (χ1) is 23.9. The molecule has 262 valence electrons. The lowest BCUT2D eigenvalue weighted by molar-refractivity contribution is -0.139. The van der Waals surface area contributed by atoms with E-state index < -0.39 is 59.5 Å². The lowest BCUT2D eigenvalue weighted by Gasteiger charge is -2.26. The maximum Gasteiger partial charge on any atom is 0.330 e. The second kappa shape index (κ2) is 17.5. The van der Waals surface area contributed by atoms with E-state index in [-0.39, 0.29) is 31.6 Å². The highest BCUT2D eigenvalue weighted by Crippen LogP contribution is 2.16. The number of primary amides is 1. The number of nitrogens with one attached hydrogen (secondary N) is 3. The fourth-order valence-corrected chi connectivity index (χ4v) is 5.07. The summed E-state index contributed by atoms with van der Waals surface area (Å²) < 4.78 is 24.0. The minimum absolute atomic E-state index is 0.0126. The van der Waals surface area contributed by atoms with Gasteiger partial charge in [0.1, 0.15) is 30.3 Å². The monoisotopic (exact) mass is 685 g/mol. The molecule has 4 rings (SSSR count). The zero-order valence-corrected chi connectivity index (χ0v) is 28.0. The summed E-state index contributed by atoms with van der Waals surface area (Å²) in [5, 5.41) is 13.8. The minimum atomic E-state index is -1.20. The number of carbonyl (C=O) groups is 5. The van der Waals surface area contributed by atoms with Gasteiger partial charge in [-0.05, 0) is 59.4 Å². The van der Waals surface area contributed by atoms with Crippen LogP contribution in [0, 0.1) is 18.7 Å². The van der Waals surface area contributed by atoms with Crippen molar-refractivity contribution in [2.24, 2.45) is 11.7 Å². The first kappa shape index (κ1) is 37.0. The average Bonchev–Trinajstić information content (AvgIpc) is 3.53. The maximum absolute atomic E-state index is 13.7. The van der Waals surface area contributed by atoms with Crippen LogP contribution in [0.3, 0.4) is 0 Å². The summed E-state index contributed by atoms with van der Waals surface area (Å²) in [7, 11) is 0. The molecule has 0 aliphatic rings. The smallest absolute Gasteiger partial charge is 0.330 e. The van der Waals surface area contributed by atoms with Crippen LogP contribution in [0.25, 0.3) is 10.8 Å². The number of hydrogen-bond donors (Lipinski definition) is 4. The standard InChI is InChI=1S/C37H40FN5O7/c1-22(2)34(42-36(47)31-18-23(3)50-43-31)37(48)41-30(20-24-9-12-28(38)13-10-24)35(46)40-29(14-16-32(39)44)15-17-33(45)49-21-25-8-11-26-6-4-5-7-27(26)19-25/h4-13,15,17-19,22,29-30,34H,14,16,20-21H2,1-3H3,(H2,39,44)(H,40,46)(H,41,48)(H,42,47)/b17-15+/t29-,30-,34-/m0/s1. The molecular weight excluding hydrogens is 645 g/mol. The number of aryl methyl sites for hydroxylation is 1. The number of nitrogens with zero attached hydrogens (tertiary/aromatic N) is 1. The van der Waals surface area contributed by atoms with Gasteiger partial charge in [-0.15, -0.1) is 0 Å². The van der Waals surface area contributed by atoms with E-state index >= 15 is 0 Å². The number of amides is 4. The van der Waals surface area contributed by atoms with E-state index in [1.54, 1.807) is 20.8 Å². The van der Waals surface area contributed by atoms with Crippen molar-refractivity contribution >= 4 is 40.4 Å². The van der Waals surface area contributed by atoms with E-state index in [4.69, 9.17) is 15.0 Å². The van der Waals surface area contributed by atoms with Gasteiger partial charge in [0.25, 0.3) is 5.91 Å². The SMILES string of the molecule is Cc1cc(C(=O)N[C@H](C(=O)N[C@@H](Cc2ccc(F)cc2)C(=O)N[C@H](/C=C/C(=O)OCc2ccc3ccccc3c2)CCC(N)=O)C(C)C)no1. The molecule has 50 heavy (non-hydrogen) atoms. The summed E-state index contributed by atoms with van der Waals surface area (Å²) in [5.74, 6) is -3.71. The van der Waals surface area contributed by atoms with Crippen molar-refractivity contribution in [3.05, 3.63) is 113 Å². The molecule has 12 nitrogen and oxygen atoms in total. The molecule has 0 bridgehead atoms. The molecule has 0 unspecified atom stereocenters. The number of rotatable bonds is 16. The number of aromatic nitrogens is 1. The Morgan fingerprint density at radius 3 is 2.26 bits per heavy atom. The van der Waals surface area contributed by atoms with Crippen LogP contribution >= 0.6 is 0 Å². The van der Waals surface area contributed by atoms with Gasteiger partial charge in [-0.1, -0.05) is 73.6 Å². The number of halogens is 1. The number of nitrogens with two attached hydrogens (primary N) is 1. The Morgan fingerprint density at radius 2 is 1.60 bits per heavy atom. The van der Waals surface area contributed by atoms with Gasteiger partial charge >= 0.3 is 5.97 Å². The molecule has 4 aromatic rings. The summed E-state index contributed by atoms with van der Waals surface area (Å²) in [4.78, 5) is 64.3. The van der Waals surface area contributed by atoms with Crippen molar-refractivity contribution in [3.8, 4) is 0 Å². The summed E-state index contributed by atoms with van der Waals surface area (Å²) in [6.07, 6.45) is 2.43. The van der Waals surface area contributed by atoms with Gasteiger partial charge in [0.2, 0.25) is 17.7 Å². The van der Waals surface area contributed by atoms with Crippen LogP contribution in [0.2, 0.25) is 0 Å². The number of ether oxygens (including phenoxy) is 1. The average molecular weight is 686 g/mol. The van der Waals surface area contributed by atoms with Gasteiger partial charge in [0.05, 0.1) is 0 Å². The molecule has 0 saturated heterocycles. The summed E-state index contributed by atoms with van der Waals surface area (Å²) in [6.45, 7) is 5.08. The molecule has 0 saturated carbocycles. The van der Waals surface area contributed by atoms with Gasteiger partial charge in [-0.2, -0.15) is 0 Å². The number of esters is 1. The summed E-state index contributed by atoms with van der Waals surface area (Å²) in [5.41, 5.74) is 6.68. The number of carbonyl (C=O) groups excluding carboxylic acids is 5. The van der Waals surface area contributed by atoms with Crippen LogP contribution in [0.4, 0.5) is 4.39 Å². The molecule has 3 atom stereocenters. The number of fused-ring (bicyclic) bond motifs is 1. The summed E-state index contributed by atoms with van der Waals surface area (Å²) >= 11 is 0. The third kappa shape index (κ3) is 11.1. The van der Waals surface area contributed by atoms with Crippen LogP contribution in [-0.2, 0) is 36.9 Å². The Balaban J connectivity index is 1.47. The molecule has 0 aliphatic heterocycles. The lowest BCUT2D eigenvalue weighted by atomic mass is 10.00. The maximum atomic E-state index is 13.7. The zero-order chi connectivity index (χ0) is 36.2. The fraction of sp³-hybridized carbons (Fsp3) is 0.297. The molecule has 5 N–H and O–H groups in total. The predicted molar refractivity (Wildman–Crippen MR) is 183 cm³/mol.